The van der Waals surface area contributed by atoms with Gasteiger partial charge in [0.2, 0.25) is 0 Å². The minimum Gasteiger partial charge on any atom is -0.378 e. The third kappa shape index (κ3) is 4.61. The molecule has 2 N–H and O–H groups in total. The average molecular weight is 361 g/mol. The van der Waals surface area contributed by atoms with E-state index in [-0.39, 0.29) is 5.91 Å². The number of amides is 1. The number of anilines is 1. The second-order valence-electron chi connectivity index (χ2n) is 6.40. The van der Waals surface area contributed by atoms with Gasteiger partial charge in [-0.05, 0) is 35.7 Å². The molecule has 0 saturated heterocycles. The minimum absolute atomic E-state index is 0.333. The van der Waals surface area contributed by atoms with Crippen molar-refractivity contribution in [1.82, 2.24) is 15.6 Å². The van der Waals surface area contributed by atoms with Crippen LogP contribution in [0.5, 0.6) is 0 Å². The van der Waals surface area contributed by atoms with Gasteiger partial charge in [-0.25, -0.2) is 5.43 Å². The van der Waals surface area contributed by atoms with Gasteiger partial charge in [-0.15, -0.1) is 0 Å². The summed E-state index contributed by atoms with van der Waals surface area (Å²) in [5.41, 5.74) is 7.85. The van der Waals surface area contributed by atoms with E-state index in [4.69, 9.17) is 0 Å². The molecule has 3 aromatic rings. The molecule has 2 aromatic carbocycles. The molecule has 3 rings (SSSR count). The number of hydrogen-bond acceptors (Lipinski definition) is 4. The Morgan fingerprint density at radius 3 is 2.48 bits per heavy atom. The number of hydrogen-bond donors (Lipinski definition) is 2. The van der Waals surface area contributed by atoms with Crippen LogP contribution in [0.25, 0.3) is 11.3 Å². The van der Waals surface area contributed by atoms with Crippen molar-refractivity contribution < 1.29 is 4.79 Å². The largest absolute Gasteiger partial charge is 0.378 e. The van der Waals surface area contributed by atoms with E-state index in [1.165, 1.54) is 5.56 Å². The number of hydrazone groups is 1. The summed E-state index contributed by atoms with van der Waals surface area (Å²) < 4.78 is 0. The second-order valence-corrected chi connectivity index (χ2v) is 6.40. The van der Waals surface area contributed by atoms with E-state index in [1.54, 1.807) is 12.3 Å². The number of carbonyl (C=O) groups is 1. The molecule has 6 heteroatoms. The molecule has 0 fully saturated rings. The Balaban J connectivity index is 1.62. The van der Waals surface area contributed by atoms with Crippen molar-refractivity contribution >= 4 is 17.8 Å². The molecular formula is C21H23N5O. The van der Waals surface area contributed by atoms with Crippen LogP contribution in [0.15, 0.2) is 59.7 Å². The van der Waals surface area contributed by atoms with Crippen LogP contribution in [0.4, 0.5) is 5.69 Å². The van der Waals surface area contributed by atoms with Crippen molar-refractivity contribution in [2.24, 2.45) is 5.10 Å². The Bertz CT molecular complexity index is 924. The van der Waals surface area contributed by atoms with Gasteiger partial charge in [0, 0.05) is 25.3 Å². The molecular weight excluding hydrogens is 338 g/mol. The summed E-state index contributed by atoms with van der Waals surface area (Å²) in [5, 5.41) is 11.0. The van der Waals surface area contributed by atoms with Crippen LogP contribution in [0, 0.1) is 0 Å². The molecule has 27 heavy (non-hydrogen) atoms. The first kappa shape index (κ1) is 18.4. The molecule has 0 atom stereocenters. The van der Waals surface area contributed by atoms with Gasteiger partial charge in [0.15, 0.2) is 0 Å². The van der Waals surface area contributed by atoms with E-state index in [9.17, 15) is 4.79 Å². The van der Waals surface area contributed by atoms with Gasteiger partial charge in [-0.2, -0.15) is 10.2 Å². The summed E-state index contributed by atoms with van der Waals surface area (Å²) >= 11 is 0. The second kappa shape index (κ2) is 8.31. The normalized spacial score (nSPS) is 10.9. The van der Waals surface area contributed by atoms with Gasteiger partial charge >= 0.3 is 0 Å². The van der Waals surface area contributed by atoms with Crippen molar-refractivity contribution in [1.29, 1.82) is 0 Å². The maximum atomic E-state index is 12.2. The maximum absolute atomic E-state index is 12.2. The Labute approximate surface area is 158 Å². The number of nitrogens with one attached hydrogen (secondary N) is 2. The summed E-state index contributed by atoms with van der Waals surface area (Å²) in [7, 11) is 3.97. The molecule has 0 aliphatic heterocycles. The van der Waals surface area contributed by atoms with Crippen LogP contribution in [0.1, 0.15) is 28.5 Å². The topological polar surface area (TPSA) is 73.4 Å². The van der Waals surface area contributed by atoms with Gasteiger partial charge < -0.3 is 4.90 Å². The molecule has 1 heterocycles. The first-order chi connectivity index (χ1) is 13.1. The van der Waals surface area contributed by atoms with Crippen LogP contribution in [-0.4, -0.2) is 36.4 Å². The number of aromatic amines is 1. The molecule has 0 bridgehead atoms. The number of aryl methyl sites for hydroxylation is 1. The minimum atomic E-state index is -0.333. The molecule has 1 amide bonds. The summed E-state index contributed by atoms with van der Waals surface area (Å²) in [4.78, 5) is 14.2. The van der Waals surface area contributed by atoms with Crippen molar-refractivity contribution in [2.75, 3.05) is 19.0 Å². The van der Waals surface area contributed by atoms with Crippen LogP contribution >= 0.6 is 0 Å². The van der Waals surface area contributed by atoms with Crippen LogP contribution < -0.4 is 10.3 Å². The molecule has 0 unspecified atom stereocenters. The summed E-state index contributed by atoms with van der Waals surface area (Å²) in [6.45, 7) is 2.11. The van der Waals surface area contributed by atoms with Crippen molar-refractivity contribution in [3.63, 3.8) is 0 Å². The van der Waals surface area contributed by atoms with Crippen molar-refractivity contribution in [2.45, 2.75) is 13.3 Å². The van der Waals surface area contributed by atoms with E-state index in [0.29, 0.717) is 5.69 Å². The zero-order valence-corrected chi connectivity index (χ0v) is 15.7. The fourth-order valence-corrected chi connectivity index (χ4v) is 2.58. The Kier molecular flexibility index (Phi) is 5.66. The van der Waals surface area contributed by atoms with E-state index in [1.807, 2.05) is 55.4 Å². The monoisotopic (exact) mass is 361 g/mol. The quantitative estimate of drug-likeness (QED) is 0.521. The van der Waals surface area contributed by atoms with Crippen molar-refractivity contribution in [3.8, 4) is 11.3 Å². The number of aromatic nitrogens is 2. The molecule has 0 spiro atoms. The molecule has 1 aromatic heterocycles. The summed E-state index contributed by atoms with van der Waals surface area (Å²) in [6, 6.07) is 17.7. The molecule has 6 nitrogen and oxygen atoms in total. The first-order valence-electron chi connectivity index (χ1n) is 8.82. The van der Waals surface area contributed by atoms with Gasteiger partial charge in [-0.1, -0.05) is 43.3 Å². The highest BCUT2D eigenvalue weighted by Crippen LogP contribution is 2.18. The lowest BCUT2D eigenvalue weighted by Crippen LogP contribution is -2.18. The Morgan fingerprint density at radius 1 is 1.15 bits per heavy atom. The van der Waals surface area contributed by atoms with Gasteiger partial charge in [0.1, 0.15) is 5.69 Å². The lowest BCUT2D eigenvalue weighted by molar-refractivity contribution is 0.0950. The van der Waals surface area contributed by atoms with Crippen LogP contribution in [0.3, 0.4) is 0 Å². The highest BCUT2D eigenvalue weighted by Gasteiger charge is 2.10. The van der Waals surface area contributed by atoms with Crippen LogP contribution in [0.2, 0.25) is 0 Å². The fourth-order valence-electron chi connectivity index (χ4n) is 2.58. The zero-order valence-electron chi connectivity index (χ0n) is 15.7. The molecule has 0 aliphatic carbocycles. The van der Waals surface area contributed by atoms with E-state index >= 15 is 0 Å². The highest BCUT2D eigenvalue weighted by molar-refractivity contribution is 5.94. The molecule has 0 saturated carbocycles. The number of H-pyrrole nitrogens is 1. The third-order valence-corrected chi connectivity index (χ3v) is 4.27. The fraction of sp³-hybridized carbons (Fsp3) is 0.190. The zero-order chi connectivity index (χ0) is 19.2. The van der Waals surface area contributed by atoms with Crippen molar-refractivity contribution in [3.05, 3.63) is 71.4 Å². The third-order valence-electron chi connectivity index (χ3n) is 4.27. The average Bonchev–Trinajstić information content (AvgIpc) is 3.19. The van der Waals surface area contributed by atoms with Gasteiger partial charge in [0.05, 0.1) is 11.9 Å². The smallest absolute Gasteiger partial charge is 0.289 e. The van der Waals surface area contributed by atoms with Gasteiger partial charge in [0.25, 0.3) is 5.91 Å². The highest BCUT2D eigenvalue weighted by atomic mass is 16.2. The number of benzene rings is 2. The van der Waals surface area contributed by atoms with Crippen LogP contribution in [-0.2, 0) is 6.42 Å². The maximum Gasteiger partial charge on any atom is 0.289 e. The molecule has 0 radical (unpaired) electrons. The van der Waals surface area contributed by atoms with E-state index < -0.39 is 0 Å². The first-order valence-corrected chi connectivity index (χ1v) is 8.82. The summed E-state index contributed by atoms with van der Waals surface area (Å²) in [5.74, 6) is -0.333. The number of carbonyl (C=O) groups excluding carboxylic acids is 1. The lowest BCUT2D eigenvalue weighted by atomic mass is 10.1. The summed E-state index contributed by atoms with van der Waals surface area (Å²) in [6.07, 6.45) is 2.60. The van der Waals surface area contributed by atoms with Gasteiger partial charge in [-0.3, -0.25) is 9.89 Å². The Morgan fingerprint density at radius 2 is 1.85 bits per heavy atom. The Hall–Kier alpha value is -3.41. The standard InChI is InChI=1S/C21H23N5O/c1-4-15-5-9-17(10-6-15)19-13-20(24-23-19)21(27)25-22-14-16-7-11-18(12-8-16)26(2)3/h5-14H,4H2,1-3H3,(H,23,24)(H,25,27)/b22-14+. The molecule has 138 valence electrons. The molecule has 0 aliphatic rings. The lowest BCUT2D eigenvalue weighted by Gasteiger charge is -2.11. The SMILES string of the molecule is CCc1ccc(-c2cc(C(=O)N/N=C/c3ccc(N(C)C)cc3)[nH]n2)cc1. The number of rotatable bonds is 6. The number of nitrogens with zero attached hydrogens (tertiary/aromatic N) is 3. The predicted molar refractivity (Wildman–Crippen MR) is 109 cm³/mol. The van der Waals surface area contributed by atoms with E-state index in [0.717, 1.165) is 28.9 Å². The van der Waals surface area contributed by atoms with E-state index in [2.05, 4.69) is 39.8 Å². The predicted octanol–water partition coefficient (Wildman–Crippen LogP) is 3.47.